The van der Waals surface area contributed by atoms with Crippen molar-refractivity contribution >= 4 is 17.6 Å². The maximum absolute atomic E-state index is 13.8. The Bertz CT molecular complexity index is 762. The Labute approximate surface area is 170 Å². The molecule has 0 radical (unpaired) electrons. The Morgan fingerprint density at radius 2 is 1.71 bits per heavy atom. The Morgan fingerprint density at radius 3 is 2.32 bits per heavy atom. The first-order valence-electron chi connectivity index (χ1n) is 9.38. The number of hydrogen-bond donors (Lipinski definition) is 1. The van der Waals surface area contributed by atoms with Crippen LogP contribution in [-0.4, -0.2) is 66.6 Å². The van der Waals surface area contributed by atoms with Crippen molar-refractivity contribution in [3.63, 3.8) is 0 Å². The van der Waals surface area contributed by atoms with E-state index >= 15 is 0 Å². The highest BCUT2D eigenvalue weighted by molar-refractivity contribution is 6.30. The van der Waals surface area contributed by atoms with Gasteiger partial charge in [-0.05, 0) is 12.1 Å². The van der Waals surface area contributed by atoms with E-state index in [1.165, 1.54) is 0 Å². The fourth-order valence-corrected chi connectivity index (χ4v) is 3.82. The molecule has 0 saturated carbocycles. The Hall–Kier alpha value is -1.96. The van der Waals surface area contributed by atoms with Crippen LogP contribution in [0.5, 0.6) is 0 Å². The van der Waals surface area contributed by atoms with Crippen molar-refractivity contribution in [1.82, 2.24) is 4.90 Å². The van der Waals surface area contributed by atoms with Crippen molar-refractivity contribution < 1.29 is 19.3 Å². The van der Waals surface area contributed by atoms with Crippen molar-refractivity contribution in [2.24, 2.45) is 0 Å². The van der Waals surface area contributed by atoms with Gasteiger partial charge in [-0.3, -0.25) is 4.90 Å². The molecule has 0 aromatic heterocycles. The molecule has 7 heteroatoms. The van der Waals surface area contributed by atoms with E-state index in [4.69, 9.17) is 21.4 Å². The van der Waals surface area contributed by atoms with E-state index in [0.29, 0.717) is 44.4 Å². The fraction of sp³-hybridized carbons (Fsp3) is 0.381. The van der Waals surface area contributed by atoms with Gasteiger partial charge in [-0.15, -0.1) is 0 Å². The maximum Gasteiger partial charge on any atom is 0.329 e. The van der Waals surface area contributed by atoms with Gasteiger partial charge in [0.2, 0.25) is 0 Å². The first-order valence-corrected chi connectivity index (χ1v) is 9.76. The van der Waals surface area contributed by atoms with Crippen LogP contribution < -0.4 is 0 Å². The number of carboxylic acid groups (broad SMARTS) is 1. The van der Waals surface area contributed by atoms with Crippen molar-refractivity contribution in [2.75, 3.05) is 45.9 Å². The SMILES string of the molecule is O=C(O)COCCN1CC[N+]([O-])([C@H](c2ccccc2)c2ccc(Cl)cc2)CC1. The summed E-state index contributed by atoms with van der Waals surface area (Å²) in [7, 11) is 0. The van der Waals surface area contributed by atoms with Gasteiger partial charge >= 0.3 is 5.97 Å². The summed E-state index contributed by atoms with van der Waals surface area (Å²) in [6, 6.07) is 17.1. The number of quaternary nitrogens is 1. The second-order valence-corrected chi connectivity index (χ2v) is 7.49. The number of ether oxygens (including phenoxy) is 1. The number of nitrogens with zero attached hydrogens (tertiary/aromatic N) is 2. The van der Waals surface area contributed by atoms with Gasteiger partial charge in [0, 0.05) is 35.8 Å². The molecular formula is C21H25ClN2O4. The molecule has 0 bridgehead atoms. The first-order chi connectivity index (χ1) is 13.5. The monoisotopic (exact) mass is 404 g/mol. The van der Waals surface area contributed by atoms with Gasteiger partial charge in [0.15, 0.2) is 0 Å². The van der Waals surface area contributed by atoms with Gasteiger partial charge in [-0.2, -0.15) is 0 Å². The van der Waals surface area contributed by atoms with Gasteiger partial charge in [0.05, 0.1) is 19.7 Å². The molecule has 0 amide bonds. The summed E-state index contributed by atoms with van der Waals surface area (Å²) >= 11 is 6.04. The third-order valence-electron chi connectivity index (χ3n) is 5.14. The molecule has 1 N–H and O–H groups in total. The van der Waals surface area contributed by atoms with Crippen LogP contribution in [0.3, 0.4) is 0 Å². The van der Waals surface area contributed by atoms with Crippen LogP contribution in [0.25, 0.3) is 0 Å². The largest absolute Gasteiger partial charge is 0.632 e. The third kappa shape index (κ3) is 5.31. The van der Waals surface area contributed by atoms with Crippen LogP contribution in [0.1, 0.15) is 17.2 Å². The lowest BCUT2D eigenvalue weighted by Gasteiger charge is -2.53. The quantitative estimate of drug-likeness (QED) is 0.415. The summed E-state index contributed by atoms with van der Waals surface area (Å²) in [5.41, 5.74) is 1.96. The molecule has 0 spiro atoms. The molecule has 3 rings (SSSR count). The van der Waals surface area contributed by atoms with E-state index in [1.54, 1.807) is 0 Å². The van der Waals surface area contributed by atoms with E-state index in [9.17, 15) is 10.0 Å². The van der Waals surface area contributed by atoms with Gasteiger partial charge in [-0.1, -0.05) is 54.1 Å². The zero-order chi connectivity index (χ0) is 20.0. The molecule has 28 heavy (non-hydrogen) atoms. The van der Waals surface area contributed by atoms with Crippen LogP contribution in [0, 0.1) is 5.21 Å². The average molecular weight is 405 g/mol. The minimum atomic E-state index is -0.970. The summed E-state index contributed by atoms with van der Waals surface area (Å²) in [4.78, 5) is 12.7. The number of carboxylic acids is 1. The predicted octanol–water partition coefficient (Wildman–Crippen LogP) is 3.16. The maximum atomic E-state index is 13.8. The average Bonchev–Trinajstić information content (AvgIpc) is 2.69. The van der Waals surface area contributed by atoms with Gasteiger partial charge in [-0.25, -0.2) is 4.79 Å². The van der Waals surface area contributed by atoms with E-state index in [2.05, 4.69) is 4.90 Å². The Balaban J connectivity index is 1.70. The van der Waals surface area contributed by atoms with Crippen LogP contribution in [-0.2, 0) is 9.53 Å². The molecule has 2 aromatic carbocycles. The van der Waals surface area contributed by atoms with Crippen LogP contribution in [0.4, 0.5) is 0 Å². The van der Waals surface area contributed by atoms with Crippen molar-refractivity contribution in [2.45, 2.75) is 6.04 Å². The lowest BCUT2D eigenvalue weighted by Crippen LogP contribution is -2.58. The van der Waals surface area contributed by atoms with Crippen LogP contribution in [0.2, 0.25) is 5.02 Å². The molecule has 1 fully saturated rings. The second-order valence-electron chi connectivity index (χ2n) is 7.05. The summed E-state index contributed by atoms with van der Waals surface area (Å²) in [5.74, 6) is -0.970. The zero-order valence-corrected chi connectivity index (χ0v) is 16.4. The highest BCUT2D eigenvalue weighted by Crippen LogP contribution is 2.36. The smallest absolute Gasteiger partial charge is 0.329 e. The molecule has 1 saturated heterocycles. The molecule has 0 aliphatic carbocycles. The number of aliphatic carboxylic acids is 1. The fourth-order valence-electron chi connectivity index (χ4n) is 3.70. The molecular weight excluding hydrogens is 380 g/mol. The number of rotatable bonds is 8. The number of halogens is 1. The highest BCUT2D eigenvalue weighted by Gasteiger charge is 2.35. The molecule has 1 aliphatic heterocycles. The lowest BCUT2D eigenvalue weighted by atomic mass is 9.96. The summed E-state index contributed by atoms with van der Waals surface area (Å²) < 4.78 is 4.79. The number of piperazine rings is 1. The van der Waals surface area contributed by atoms with Gasteiger partial charge in [0.25, 0.3) is 0 Å². The third-order valence-corrected chi connectivity index (χ3v) is 5.39. The minimum absolute atomic E-state index is 0.290. The molecule has 150 valence electrons. The van der Waals surface area contributed by atoms with Crippen LogP contribution in [0.15, 0.2) is 54.6 Å². The van der Waals surface area contributed by atoms with Crippen molar-refractivity contribution in [3.8, 4) is 0 Å². The van der Waals surface area contributed by atoms with Crippen molar-refractivity contribution in [3.05, 3.63) is 76.0 Å². The van der Waals surface area contributed by atoms with E-state index in [0.717, 1.165) is 11.1 Å². The van der Waals surface area contributed by atoms with E-state index in [1.807, 2.05) is 54.6 Å². The Morgan fingerprint density at radius 1 is 1.11 bits per heavy atom. The molecule has 0 unspecified atom stereocenters. The van der Waals surface area contributed by atoms with Gasteiger partial charge in [0.1, 0.15) is 12.6 Å². The van der Waals surface area contributed by atoms with Crippen molar-refractivity contribution in [1.29, 1.82) is 0 Å². The standard InChI is InChI=1S/C21H25ClN2O4/c22-19-8-6-18(7-9-19)21(17-4-2-1-3-5-17)24(27)13-10-23(11-14-24)12-15-28-16-20(25)26/h1-9,21H,10-16H2,(H,25,26)/t21-/m1/s1. The summed E-state index contributed by atoms with van der Waals surface area (Å²) in [6.07, 6.45) is 0. The normalized spacial score (nSPS) is 17.9. The summed E-state index contributed by atoms with van der Waals surface area (Å²) in [5, 5.41) is 23.1. The molecule has 1 aliphatic rings. The molecule has 1 heterocycles. The predicted molar refractivity (Wildman–Crippen MR) is 108 cm³/mol. The molecule has 6 nitrogen and oxygen atoms in total. The topological polar surface area (TPSA) is 72.8 Å². The molecule has 2 aromatic rings. The summed E-state index contributed by atoms with van der Waals surface area (Å²) in [6.45, 7) is 2.91. The number of carbonyl (C=O) groups is 1. The first kappa shape index (κ1) is 20.8. The van der Waals surface area contributed by atoms with Crippen LogP contribution >= 0.6 is 11.6 Å². The second kappa shape index (κ2) is 9.49. The molecule has 1 atom stereocenters. The number of benzene rings is 2. The minimum Gasteiger partial charge on any atom is -0.632 e. The number of hydrogen-bond acceptors (Lipinski definition) is 4. The zero-order valence-electron chi connectivity index (χ0n) is 15.7. The van der Waals surface area contributed by atoms with E-state index < -0.39 is 5.97 Å². The van der Waals surface area contributed by atoms with Gasteiger partial charge < -0.3 is 19.7 Å². The van der Waals surface area contributed by atoms with E-state index in [-0.39, 0.29) is 17.3 Å². The Kier molecular flexibility index (Phi) is 7.04. The number of hydroxylamine groups is 3. The lowest BCUT2D eigenvalue weighted by molar-refractivity contribution is -0.909. The highest BCUT2D eigenvalue weighted by atomic mass is 35.5.